The maximum absolute atomic E-state index is 8.25. The zero-order valence-electron chi connectivity index (χ0n) is 4.70. The summed E-state index contributed by atoms with van der Waals surface area (Å²) in [7, 11) is 0. The predicted molar refractivity (Wildman–Crippen MR) is 34.7 cm³/mol. The van der Waals surface area contributed by atoms with Crippen molar-refractivity contribution in [3.8, 4) is 6.07 Å². The van der Waals surface area contributed by atoms with Crippen LogP contribution in [0, 0.1) is 11.3 Å². The molecule has 0 bridgehead atoms. The molecule has 0 aromatic carbocycles. The minimum Gasteiger partial charge on any atom is -0.263 e. The Kier molecular flexibility index (Phi) is 4.23. The van der Waals surface area contributed by atoms with E-state index in [2.05, 4.69) is 4.98 Å². The molecule has 0 saturated carbocycles. The zero-order valence-corrected chi connectivity index (χ0v) is 8.59. The van der Waals surface area contributed by atoms with Gasteiger partial charge >= 0.3 is 0 Å². The molecule has 1 heterocycles. The Bertz CT molecular complexity index is 202. The second kappa shape index (κ2) is 4.44. The Balaban J connectivity index is 0.000000640. The topological polar surface area (TPSA) is 36.7 Å². The molecule has 0 saturated heterocycles. The van der Waals surface area contributed by atoms with Gasteiger partial charge in [0.15, 0.2) is 0 Å². The molecule has 0 fully saturated rings. The van der Waals surface area contributed by atoms with Gasteiger partial charge in [-0.3, -0.25) is 4.98 Å². The van der Waals surface area contributed by atoms with Crippen molar-refractivity contribution < 1.29 is 0 Å². The Hall–Kier alpha value is -0.438. The van der Waals surface area contributed by atoms with Crippen LogP contribution in [0.4, 0.5) is 0 Å². The van der Waals surface area contributed by atoms with Crippen LogP contribution in [0.1, 0.15) is 5.56 Å². The van der Waals surface area contributed by atoms with Crippen LogP contribution >= 0.6 is 0 Å². The van der Waals surface area contributed by atoms with Crippen LogP contribution < -0.4 is 0 Å². The summed E-state index contributed by atoms with van der Waals surface area (Å²) in [5.41, 5.74) is 0.604. The molecule has 1 aromatic heterocycles. The largest absolute Gasteiger partial charge is 0.263 e. The van der Waals surface area contributed by atoms with Crippen molar-refractivity contribution in [2.75, 3.05) is 0 Å². The van der Waals surface area contributed by atoms with Gasteiger partial charge in [0, 0.05) is 39.7 Å². The molecule has 0 amide bonds. The fraction of sp³-hybridized carbons (Fsp3) is 0. The molecule has 42 valence electrons. The first kappa shape index (κ1) is 8.56. The van der Waals surface area contributed by atoms with E-state index in [1.165, 1.54) is 6.20 Å². The van der Waals surface area contributed by atoms with Crippen molar-refractivity contribution in [3.63, 3.8) is 0 Å². The standard InChI is InChI=1S/C6H4N2.Pb/c7-4-6-2-1-3-8-5-6;/h1-3,5H;. The summed E-state index contributed by atoms with van der Waals surface area (Å²) in [4.78, 5) is 3.73. The summed E-state index contributed by atoms with van der Waals surface area (Å²) >= 11 is 0. The van der Waals surface area contributed by atoms with Crippen molar-refractivity contribution in [1.29, 1.82) is 5.26 Å². The summed E-state index contributed by atoms with van der Waals surface area (Å²) in [5.74, 6) is 0. The van der Waals surface area contributed by atoms with Crippen LogP contribution in [0.5, 0.6) is 0 Å². The van der Waals surface area contributed by atoms with Gasteiger partial charge in [0.05, 0.1) is 5.56 Å². The van der Waals surface area contributed by atoms with E-state index in [4.69, 9.17) is 5.26 Å². The maximum Gasteiger partial charge on any atom is 0.101 e. The second-order valence-corrected chi connectivity index (χ2v) is 1.35. The van der Waals surface area contributed by atoms with Gasteiger partial charge < -0.3 is 0 Å². The van der Waals surface area contributed by atoms with Gasteiger partial charge in [-0.25, -0.2) is 0 Å². The Morgan fingerprint density at radius 2 is 2.33 bits per heavy atom. The summed E-state index contributed by atoms with van der Waals surface area (Å²) in [6, 6.07) is 5.41. The third-order valence-electron chi connectivity index (χ3n) is 0.791. The number of hydrogen-bond donors (Lipinski definition) is 0. The van der Waals surface area contributed by atoms with Crippen molar-refractivity contribution in [3.05, 3.63) is 30.1 Å². The SMILES string of the molecule is N#Cc1cccnc1.[Pb]. The number of rotatable bonds is 0. The molecule has 0 atom stereocenters. The zero-order chi connectivity index (χ0) is 5.82. The predicted octanol–water partition coefficient (Wildman–Crippen LogP) is 0.572. The van der Waals surface area contributed by atoms with Gasteiger partial charge in [0.25, 0.3) is 0 Å². The van der Waals surface area contributed by atoms with Crippen LogP contribution in [0.25, 0.3) is 0 Å². The molecule has 2 nitrogen and oxygen atoms in total. The van der Waals surface area contributed by atoms with Gasteiger partial charge in [-0.05, 0) is 12.1 Å². The van der Waals surface area contributed by atoms with Crippen molar-refractivity contribution in [1.82, 2.24) is 4.98 Å². The van der Waals surface area contributed by atoms with Crippen LogP contribution in [-0.4, -0.2) is 32.3 Å². The third kappa shape index (κ3) is 2.56. The van der Waals surface area contributed by atoms with Crippen molar-refractivity contribution in [2.24, 2.45) is 0 Å². The number of nitrogens with zero attached hydrogens (tertiary/aromatic N) is 2. The fourth-order valence-electron chi connectivity index (χ4n) is 0.429. The molecule has 0 spiro atoms. The summed E-state index contributed by atoms with van der Waals surface area (Å²) in [6.45, 7) is 0. The van der Waals surface area contributed by atoms with E-state index in [1.54, 1.807) is 18.3 Å². The first-order valence-corrected chi connectivity index (χ1v) is 2.23. The second-order valence-electron chi connectivity index (χ2n) is 1.35. The minimum absolute atomic E-state index is 0. The summed E-state index contributed by atoms with van der Waals surface area (Å²) < 4.78 is 0. The molecule has 4 radical (unpaired) electrons. The fourth-order valence-corrected chi connectivity index (χ4v) is 0.429. The van der Waals surface area contributed by atoms with Gasteiger partial charge in [-0.1, -0.05) is 0 Å². The summed E-state index contributed by atoms with van der Waals surface area (Å²) in [5, 5.41) is 8.25. The molecule has 0 N–H and O–H groups in total. The first-order chi connectivity index (χ1) is 3.93. The van der Waals surface area contributed by atoms with E-state index >= 15 is 0 Å². The third-order valence-corrected chi connectivity index (χ3v) is 0.791. The molecule has 1 rings (SSSR count). The van der Waals surface area contributed by atoms with Gasteiger partial charge in [0.1, 0.15) is 6.07 Å². The normalized spacial score (nSPS) is 7.00. The maximum atomic E-state index is 8.25. The van der Waals surface area contributed by atoms with Crippen LogP contribution in [-0.2, 0) is 0 Å². The Morgan fingerprint density at radius 1 is 1.56 bits per heavy atom. The average Bonchev–Trinajstić information content (AvgIpc) is 1.90. The van der Waals surface area contributed by atoms with Crippen molar-refractivity contribution >= 4 is 27.3 Å². The molecular weight excluding hydrogens is 307 g/mol. The smallest absolute Gasteiger partial charge is 0.101 e. The monoisotopic (exact) mass is 312 g/mol. The molecular formula is C6H4N2Pb. The van der Waals surface area contributed by atoms with E-state index in [-0.39, 0.29) is 27.3 Å². The number of hydrogen-bond acceptors (Lipinski definition) is 2. The number of aromatic nitrogens is 1. The van der Waals surface area contributed by atoms with Crippen LogP contribution in [0.15, 0.2) is 24.5 Å². The van der Waals surface area contributed by atoms with E-state index in [0.717, 1.165) is 0 Å². The van der Waals surface area contributed by atoms with E-state index < -0.39 is 0 Å². The van der Waals surface area contributed by atoms with Gasteiger partial charge in [-0.2, -0.15) is 5.26 Å². The van der Waals surface area contributed by atoms with Crippen molar-refractivity contribution in [2.45, 2.75) is 0 Å². The van der Waals surface area contributed by atoms with Crippen LogP contribution in [0.2, 0.25) is 0 Å². The van der Waals surface area contributed by atoms with E-state index in [9.17, 15) is 0 Å². The summed E-state index contributed by atoms with van der Waals surface area (Å²) in [6.07, 6.45) is 3.17. The molecule has 0 aliphatic carbocycles. The molecule has 9 heavy (non-hydrogen) atoms. The molecule has 0 aliphatic rings. The molecule has 1 aromatic rings. The number of nitriles is 1. The Morgan fingerprint density at radius 3 is 2.67 bits per heavy atom. The first-order valence-electron chi connectivity index (χ1n) is 2.23. The average molecular weight is 311 g/mol. The van der Waals surface area contributed by atoms with E-state index in [0.29, 0.717) is 5.56 Å². The molecule has 0 aliphatic heterocycles. The quantitative estimate of drug-likeness (QED) is 0.657. The van der Waals surface area contributed by atoms with Gasteiger partial charge in [-0.15, -0.1) is 0 Å². The number of pyridine rings is 1. The minimum atomic E-state index is 0. The molecule has 3 heteroatoms. The van der Waals surface area contributed by atoms with E-state index in [1.807, 2.05) is 6.07 Å². The molecule has 0 unspecified atom stereocenters. The van der Waals surface area contributed by atoms with Crippen LogP contribution in [0.3, 0.4) is 0 Å². The van der Waals surface area contributed by atoms with Gasteiger partial charge in [0.2, 0.25) is 0 Å². The Labute approximate surface area is 73.7 Å².